The van der Waals surface area contributed by atoms with Crippen LogP contribution in [0.15, 0.2) is 30.5 Å². The first-order valence-electron chi connectivity index (χ1n) is 8.01. The summed E-state index contributed by atoms with van der Waals surface area (Å²) in [4.78, 5) is 12.3. The van der Waals surface area contributed by atoms with Crippen molar-refractivity contribution in [1.29, 1.82) is 0 Å². The third-order valence-corrected chi connectivity index (χ3v) is 3.89. The van der Waals surface area contributed by atoms with Gasteiger partial charge in [0.1, 0.15) is 5.82 Å². The number of hydrogen-bond acceptors (Lipinski definition) is 4. The van der Waals surface area contributed by atoms with E-state index < -0.39 is 5.82 Å². The fourth-order valence-corrected chi connectivity index (χ4v) is 2.65. The number of benzene rings is 1. The van der Waals surface area contributed by atoms with Gasteiger partial charge in [-0.05, 0) is 25.0 Å². The standard InChI is InChI=1S/C17H20FN3O3/c18-15-6-2-1-5-13(15)16-14(10-20-21-16)17(22)19-7-9-23-11-12-4-3-8-24-12/h1-2,5-6,10,12H,3-4,7-9,11H2,(H,19,22)(H,20,21)/t12-/m0/s1. The highest BCUT2D eigenvalue weighted by atomic mass is 19.1. The highest BCUT2D eigenvalue weighted by Gasteiger charge is 2.18. The average Bonchev–Trinajstić information content (AvgIpc) is 3.26. The van der Waals surface area contributed by atoms with E-state index in [1.807, 2.05) is 0 Å². The lowest BCUT2D eigenvalue weighted by Crippen LogP contribution is -2.28. The van der Waals surface area contributed by atoms with Crippen molar-refractivity contribution in [2.75, 3.05) is 26.4 Å². The van der Waals surface area contributed by atoms with Crippen LogP contribution in [0.3, 0.4) is 0 Å². The molecule has 0 aliphatic carbocycles. The summed E-state index contributed by atoms with van der Waals surface area (Å²) in [5, 5.41) is 9.29. The van der Waals surface area contributed by atoms with Crippen molar-refractivity contribution >= 4 is 5.91 Å². The topological polar surface area (TPSA) is 76.2 Å². The van der Waals surface area contributed by atoms with Crippen LogP contribution in [-0.2, 0) is 9.47 Å². The van der Waals surface area contributed by atoms with Crippen molar-refractivity contribution in [3.05, 3.63) is 41.8 Å². The quantitative estimate of drug-likeness (QED) is 0.761. The summed E-state index contributed by atoms with van der Waals surface area (Å²) in [6.45, 7) is 2.11. The van der Waals surface area contributed by atoms with Crippen LogP contribution in [0.25, 0.3) is 11.3 Å². The Hall–Kier alpha value is -2.25. The fourth-order valence-electron chi connectivity index (χ4n) is 2.65. The molecule has 1 saturated heterocycles. The van der Waals surface area contributed by atoms with Gasteiger partial charge in [-0.3, -0.25) is 9.89 Å². The van der Waals surface area contributed by atoms with Gasteiger partial charge in [0.25, 0.3) is 5.91 Å². The van der Waals surface area contributed by atoms with Crippen LogP contribution in [0, 0.1) is 5.82 Å². The zero-order valence-corrected chi connectivity index (χ0v) is 13.3. The number of H-pyrrole nitrogens is 1. The first-order chi connectivity index (χ1) is 11.8. The molecule has 3 rings (SSSR count). The Balaban J connectivity index is 1.51. The zero-order chi connectivity index (χ0) is 16.8. The van der Waals surface area contributed by atoms with Crippen molar-refractivity contribution in [1.82, 2.24) is 15.5 Å². The number of carbonyl (C=O) groups excluding carboxylic acids is 1. The summed E-state index contributed by atoms with van der Waals surface area (Å²) in [5.74, 6) is -0.724. The SMILES string of the molecule is O=C(NCCOC[C@@H]1CCCO1)c1cn[nH]c1-c1ccccc1F. The minimum atomic E-state index is -0.407. The first kappa shape index (κ1) is 16.6. The molecule has 0 spiro atoms. The number of nitrogens with zero attached hydrogens (tertiary/aromatic N) is 1. The second-order valence-corrected chi connectivity index (χ2v) is 5.60. The maximum atomic E-state index is 13.9. The summed E-state index contributed by atoms with van der Waals surface area (Å²) in [5.41, 5.74) is 0.986. The van der Waals surface area contributed by atoms with E-state index in [0.717, 1.165) is 19.4 Å². The lowest BCUT2D eigenvalue weighted by atomic mass is 10.1. The molecule has 7 heteroatoms. The number of carbonyl (C=O) groups is 1. The molecule has 1 aromatic carbocycles. The summed E-state index contributed by atoms with van der Waals surface area (Å²) < 4.78 is 24.8. The first-order valence-corrected chi connectivity index (χ1v) is 8.01. The molecule has 2 aromatic rings. The van der Waals surface area contributed by atoms with Crippen LogP contribution in [-0.4, -0.2) is 48.6 Å². The third kappa shape index (κ3) is 3.98. The molecule has 24 heavy (non-hydrogen) atoms. The highest BCUT2D eigenvalue weighted by molar-refractivity contribution is 5.99. The van der Waals surface area contributed by atoms with Gasteiger partial charge in [-0.25, -0.2) is 4.39 Å². The van der Waals surface area contributed by atoms with Gasteiger partial charge in [-0.15, -0.1) is 0 Å². The second-order valence-electron chi connectivity index (χ2n) is 5.60. The van der Waals surface area contributed by atoms with E-state index in [1.165, 1.54) is 12.3 Å². The summed E-state index contributed by atoms with van der Waals surface area (Å²) in [6.07, 6.45) is 3.66. The number of rotatable bonds is 7. The van der Waals surface area contributed by atoms with Crippen LogP contribution in [0.5, 0.6) is 0 Å². The molecule has 0 unspecified atom stereocenters. The third-order valence-electron chi connectivity index (χ3n) is 3.89. The Kier molecular flexibility index (Phi) is 5.55. The van der Waals surface area contributed by atoms with Gasteiger partial charge in [0.05, 0.1) is 36.8 Å². The predicted octanol–water partition coefficient (Wildman–Crippen LogP) is 2.14. The molecule has 6 nitrogen and oxygen atoms in total. The molecule has 1 aromatic heterocycles. The molecule has 2 N–H and O–H groups in total. The monoisotopic (exact) mass is 333 g/mol. The Morgan fingerprint density at radius 2 is 2.33 bits per heavy atom. The number of nitrogens with one attached hydrogen (secondary N) is 2. The number of halogens is 1. The van der Waals surface area contributed by atoms with Crippen molar-refractivity contribution in [2.45, 2.75) is 18.9 Å². The average molecular weight is 333 g/mol. The Bertz CT molecular complexity index is 683. The second kappa shape index (κ2) is 8.03. The van der Waals surface area contributed by atoms with Crippen LogP contribution in [0.4, 0.5) is 4.39 Å². The van der Waals surface area contributed by atoms with Gasteiger partial charge in [-0.1, -0.05) is 12.1 Å². The lowest BCUT2D eigenvalue weighted by molar-refractivity contribution is 0.0183. The smallest absolute Gasteiger partial charge is 0.255 e. The summed E-state index contributed by atoms with van der Waals surface area (Å²) in [7, 11) is 0. The number of aromatic amines is 1. The Labute approximate surface area is 139 Å². The fraction of sp³-hybridized carbons (Fsp3) is 0.412. The molecule has 1 aliphatic rings. The maximum absolute atomic E-state index is 13.9. The van der Waals surface area contributed by atoms with Crippen LogP contribution in [0.1, 0.15) is 23.2 Å². The van der Waals surface area contributed by atoms with E-state index in [4.69, 9.17) is 9.47 Å². The molecule has 1 fully saturated rings. The number of hydrogen-bond donors (Lipinski definition) is 2. The van der Waals surface area contributed by atoms with E-state index in [1.54, 1.807) is 18.2 Å². The molecule has 1 aliphatic heterocycles. The number of aromatic nitrogens is 2. The van der Waals surface area contributed by atoms with Crippen LogP contribution in [0.2, 0.25) is 0 Å². The number of amides is 1. The molecule has 2 heterocycles. The van der Waals surface area contributed by atoms with Gasteiger partial charge >= 0.3 is 0 Å². The van der Waals surface area contributed by atoms with Crippen molar-refractivity contribution in [3.8, 4) is 11.3 Å². The van der Waals surface area contributed by atoms with Gasteiger partial charge in [0, 0.05) is 18.7 Å². The lowest BCUT2D eigenvalue weighted by Gasteiger charge is -2.10. The Morgan fingerprint density at radius 1 is 1.46 bits per heavy atom. The minimum Gasteiger partial charge on any atom is -0.377 e. The molecule has 1 atom stereocenters. The van der Waals surface area contributed by atoms with Crippen molar-refractivity contribution in [2.24, 2.45) is 0 Å². The molecular weight excluding hydrogens is 313 g/mol. The molecular formula is C17H20FN3O3. The molecule has 128 valence electrons. The molecule has 0 radical (unpaired) electrons. The summed E-state index contributed by atoms with van der Waals surface area (Å²) in [6, 6.07) is 6.25. The highest BCUT2D eigenvalue weighted by Crippen LogP contribution is 2.23. The zero-order valence-electron chi connectivity index (χ0n) is 13.3. The maximum Gasteiger partial charge on any atom is 0.255 e. The van der Waals surface area contributed by atoms with Crippen LogP contribution < -0.4 is 5.32 Å². The Morgan fingerprint density at radius 3 is 3.12 bits per heavy atom. The van der Waals surface area contributed by atoms with E-state index in [-0.39, 0.29) is 12.0 Å². The van der Waals surface area contributed by atoms with E-state index in [0.29, 0.717) is 36.6 Å². The minimum absolute atomic E-state index is 0.169. The van der Waals surface area contributed by atoms with Crippen LogP contribution >= 0.6 is 0 Å². The van der Waals surface area contributed by atoms with Gasteiger partial charge in [0.15, 0.2) is 0 Å². The van der Waals surface area contributed by atoms with Gasteiger partial charge in [0.2, 0.25) is 0 Å². The van der Waals surface area contributed by atoms with Crippen molar-refractivity contribution in [3.63, 3.8) is 0 Å². The summed E-state index contributed by atoms with van der Waals surface area (Å²) >= 11 is 0. The largest absolute Gasteiger partial charge is 0.377 e. The van der Waals surface area contributed by atoms with E-state index >= 15 is 0 Å². The van der Waals surface area contributed by atoms with Gasteiger partial charge in [-0.2, -0.15) is 5.10 Å². The molecule has 1 amide bonds. The normalized spacial score (nSPS) is 17.1. The number of ether oxygens (including phenoxy) is 2. The van der Waals surface area contributed by atoms with E-state index in [9.17, 15) is 9.18 Å². The molecule has 0 bridgehead atoms. The predicted molar refractivity (Wildman–Crippen MR) is 86.1 cm³/mol. The van der Waals surface area contributed by atoms with Gasteiger partial charge < -0.3 is 14.8 Å². The van der Waals surface area contributed by atoms with Crippen molar-refractivity contribution < 1.29 is 18.7 Å². The van der Waals surface area contributed by atoms with E-state index in [2.05, 4.69) is 15.5 Å². The molecule has 0 saturated carbocycles.